The van der Waals surface area contributed by atoms with Gasteiger partial charge in [0.15, 0.2) is 0 Å². The Balaban J connectivity index is 1.46. The van der Waals surface area contributed by atoms with Gasteiger partial charge in [0, 0.05) is 18.6 Å². The molecule has 2 fully saturated rings. The van der Waals surface area contributed by atoms with E-state index in [1.807, 2.05) is 0 Å². The Morgan fingerprint density at radius 1 is 1.22 bits per heavy atom. The maximum Gasteiger partial charge on any atom is 0.254 e. The minimum atomic E-state index is -0.759. The van der Waals surface area contributed by atoms with E-state index in [0.717, 1.165) is 37.5 Å². The SMILES string of the molecule is N#C[C@@H]1CCCN1C(=O)CNC1CCC(NC(=O)c2cc(F)ccc2F)C1. The van der Waals surface area contributed by atoms with Crippen molar-refractivity contribution in [1.29, 1.82) is 5.26 Å². The highest BCUT2D eigenvalue weighted by Gasteiger charge is 2.30. The van der Waals surface area contributed by atoms with Gasteiger partial charge in [-0.05, 0) is 50.3 Å². The lowest BCUT2D eigenvalue weighted by Crippen LogP contribution is -2.43. The van der Waals surface area contributed by atoms with Gasteiger partial charge in [0.2, 0.25) is 5.91 Å². The molecule has 1 aliphatic carbocycles. The summed E-state index contributed by atoms with van der Waals surface area (Å²) in [4.78, 5) is 26.0. The van der Waals surface area contributed by atoms with E-state index >= 15 is 0 Å². The summed E-state index contributed by atoms with van der Waals surface area (Å²) >= 11 is 0. The molecule has 0 radical (unpaired) electrons. The third kappa shape index (κ3) is 4.61. The van der Waals surface area contributed by atoms with Gasteiger partial charge >= 0.3 is 0 Å². The van der Waals surface area contributed by atoms with Crippen LogP contribution < -0.4 is 10.6 Å². The van der Waals surface area contributed by atoms with E-state index in [2.05, 4.69) is 16.7 Å². The Morgan fingerprint density at radius 2 is 2.00 bits per heavy atom. The number of nitrogens with zero attached hydrogens (tertiary/aromatic N) is 2. The first-order chi connectivity index (χ1) is 13.0. The zero-order valence-corrected chi connectivity index (χ0v) is 14.9. The Kier molecular flexibility index (Phi) is 6.01. The van der Waals surface area contributed by atoms with Crippen LogP contribution in [0.5, 0.6) is 0 Å². The molecule has 2 unspecified atom stereocenters. The third-order valence-corrected chi connectivity index (χ3v) is 5.21. The molecule has 0 aromatic heterocycles. The van der Waals surface area contributed by atoms with Crippen molar-refractivity contribution < 1.29 is 18.4 Å². The van der Waals surface area contributed by atoms with Crippen LogP contribution in [-0.4, -0.2) is 47.9 Å². The van der Waals surface area contributed by atoms with Crippen molar-refractivity contribution in [1.82, 2.24) is 15.5 Å². The highest BCUT2D eigenvalue weighted by atomic mass is 19.1. The van der Waals surface area contributed by atoms with E-state index in [-0.39, 0.29) is 36.1 Å². The number of rotatable bonds is 5. The Morgan fingerprint density at radius 3 is 2.78 bits per heavy atom. The second kappa shape index (κ2) is 8.44. The number of halogens is 2. The van der Waals surface area contributed by atoms with Crippen LogP contribution >= 0.6 is 0 Å². The van der Waals surface area contributed by atoms with Gasteiger partial charge in [-0.2, -0.15) is 5.26 Å². The van der Waals surface area contributed by atoms with Crippen LogP contribution in [0.15, 0.2) is 18.2 Å². The van der Waals surface area contributed by atoms with E-state index in [0.29, 0.717) is 19.4 Å². The predicted octanol–water partition coefficient (Wildman–Crippen LogP) is 1.72. The average molecular weight is 376 g/mol. The number of nitrogens with one attached hydrogen (secondary N) is 2. The van der Waals surface area contributed by atoms with Crippen molar-refractivity contribution in [3.05, 3.63) is 35.4 Å². The van der Waals surface area contributed by atoms with E-state index in [1.165, 1.54) is 0 Å². The van der Waals surface area contributed by atoms with Crippen LogP contribution in [0, 0.1) is 23.0 Å². The molecular weight excluding hydrogens is 354 g/mol. The number of nitriles is 1. The molecule has 3 rings (SSSR count). The highest BCUT2D eigenvalue weighted by molar-refractivity contribution is 5.94. The van der Waals surface area contributed by atoms with Crippen molar-refractivity contribution >= 4 is 11.8 Å². The largest absolute Gasteiger partial charge is 0.349 e. The van der Waals surface area contributed by atoms with Gasteiger partial charge < -0.3 is 15.5 Å². The molecule has 1 heterocycles. The molecular formula is C19H22F2N4O2. The van der Waals surface area contributed by atoms with Crippen LogP contribution in [0.3, 0.4) is 0 Å². The van der Waals surface area contributed by atoms with Crippen LogP contribution in [-0.2, 0) is 4.79 Å². The third-order valence-electron chi connectivity index (χ3n) is 5.21. The summed E-state index contributed by atoms with van der Waals surface area (Å²) in [6, 6.07) is 4.49. The van der Waals surface area contributed by atoms with E-state index in [1.54, 1.807) is 4.90 Å². The average Bonchev–Trinajstić information content (AvgIpc) is 3.30. The Hall–Kier alpha value is -2.53. The minimum Gasteiger partial charge on any atom is -0.349 e. The standard InChI is InChI=1S/C19H22F2N4O2/c20-12-3-6-17(21)16(8-12)19(27)24-14-5-4-13(9-14)23-11-18(26)25-7-1-2-15(25)10-22/h3,6,8,13-15,23H,1-2,4-5,7,9,11H2,(H,24,27)/t13?,14?,15-/m0/s1. The maximum atomic E-state index is 13.7. The molecule has 2 N–H and O–H groups in total. The molecule has 144 valence electrons. The highest BCUT2D eigenvalue weighted by Crippen LogP contribution is 2.21. The van der Waals surface area contributed by atoms with Gasteiger partial charge in [0.1, 0.15) is 17.7 Å². The molecule has 0 spiro atoms. The summed E-state index contributed by atoms with van der Waals surface area (Å²) in [6.07, 6.45) is 3.64. The summed E-state index contributed by atoms with van der Waals surface area (Å²) in [5.41, 5.74) is -0.307. The number of likely N-dealkylation sites (tertiary alicyclic amines) is 1. The molecule has 2 amide bonds. The number of benzene rings is 1. The zero-order valence-electron chi connectivity index (χ0n) is 14.9. The lowest BCUT2D eigenvalue weighted by atomic mass is 10.1. The minimum absolute atomic E-state index is 0.0553. The van der Waals surface area contributed by atoms with E-state index in [4.69, 9.17) is 5.26 Å². The first kappa shape index (κ1) is 19.2. The molecule has 1 aliphatic heterocycles. The maximum absolute atomic E-state index is 13.7. The van der Waals surface area contributed by atoms with Gasteiger partial charge in [-0.15, -0.1) is 0 Å². The normalized spacial score (nSPS) is 24.6. The van der Waals surface area contributed by atoms with Gasteiger partial charge in [-0.1, -0.05) is 0 Å². The number of hydrogen-bond donors (Lipinski definition) is 2. The van der Waals surface area contributed by atoms with E-state index in [9.17, 15) is 18.4 Å². The van der Waals surface area contributed by atoms with Crippen molar-refractivity contribution in [3.8, 4) is 6.07 Å². The predicted molar refractivity (Wildman–Crippen MR) is 93.6 cm³/mol. The van der Waals surface area contributed by atoms with Crippen molar-refractivity contribution in [2.45, 2.75) is 50.2 Å². The fraction of sp³-hybridized carbons (Fsp3) is 0.526. The summed E-state index contributed by atoms with van der Waals surface area (Å²) in [6.45, 7) is 0.767. The van der Waals surface area contributed by atoms with Crippen molar-refractivity contribution in [3.63, 3.8) is 0 Å². The van der Waals surface area contributed by atoms with Crippen LogP contribution in [0.4, 0.5) is 8.78 Å². The lowest BCUT2D eigenvalue weighted by Gasteiger charge is -2.21. The molecule has 27 heavy (non-hydrogen) atoms. The molecule has 6 nitrogen and oxygen atoms in total. The summed E-state index contributed by atoms with van der Waals surface area (Å²) in [5, 5.41) is 15.0. The second-order valence-corrected chi connectivity index (χ2v) is 7.06. The molecule has 3 atom stereocenters. The number of hydrogen-bond acceptors (Lipinski definition) is 4. The van der Waals surface area contributed by atoms with Gasteiger partial charge in [0.05, 0.1) is 18.2 Å². The summed E-state index contributed by atoms with van der Waals surface area (Å²) < 4.78 is 26.9. The quantitative estimate of drug-likeness (QED) is 0.820. The van der Waals surface area contributed by atoms with Crippen molar-refractivity contribution in [2.24, 2.45) is 0 Å². The van der Waals surface area contributed by atoms with Gasteiger partial charge in [-0.25, -0.2) is 8.78 Å². The van der Waals surface area contributed by atoms with Crippen LogP contribution in [0.2, 0.25) is 0 Å². The Labute approximate surface area is 156 Å². The van der Waals surface area contributed by atoms with Crippen molar-refractivity contribution in [2.75, 3.05) is 13.1 Å². The lowest BCUT2D eigenvalue weighted by molar-refractivity contribution is -0.130. The number of carbonyl (C=O) groups excluding carboxylic acids is 2. The smallest absolute Gasteiger partial charge is 0.254 e. The second-order valence-electron chi connectivity index (χ2n) is 7.06. The zero-order chi connectivity index (χ0) is 19.4. The van der Waals surface area contributed by atoms with Crippen LogP contribution in [0.25, 0.3) is 0 Å². The molecule has 1 aromatic rings. The number of carbonyl (C=O) groups is 2. The fourth-order valence-corrected chi connectivity index (χ4v) is 3.77. The summed E-state index contributed by atoms with van der Waals surface area (Å²) in [7, 11) is 0. The van der Waals surface area contributed by atoms with Gasteiger partial charge in [-0.3, -0.25) is 9.59 Å². The first-order valence-corrected chi connectivity index (χ1v) is 9.16. The van der Waals surface area contributed by atoms with Gasteiger partial charge in [0.25, 0.3) is 5.91 Å². The fourth-order valence-electron chi connectivity index (χ4n) is 3.77. The first-order valence-electron chi connectivity index (χ1n) is 9.16. The molecule has 1 saturated carbocycles. The van der Waals surface area contributed by atoms with Crippen LogP contribution in [0.1, 0.15) is 42.5 Å². The molecule has 2 aliphatic rings. The molecule has 1 saturated heterocycles. The molecule has 8 heteroatoms. The Bertz CT molecular complexity index is 765. The van der Waals surface area contributed by atoms with E-state index < -0.39 is 17.5 Å². The monoisotopic (exact) mass is 376 g/mol. The number of amides is 2. The topological polar surface area (TPSA) is 85.2 Å². The molecule has 0 bridgehead atoms. The summed E-state index contributed by atoms with van der Waals surface area (Å²) in [5.74, 6) is -2.15. The molecule has 1 aromatic carbocycles.